The Kier molecular flexibility index (Phi) is 15.9. The van der Waals surface area contributed by atoms with Crippen LogP contribution >= 0.6 is 24.8 Å². The van der Waals surface area contributed by atoms with Crippen molar-refractivity contribution in [3.05, 3.63) is 0 Å². The molecule has 0 aromatic heterocycles. The van der Waals surface area contributed by atoms with Crippen LogP contribution < -0.4 is 34.9 Å². The van der Waals surface area contributed by atoms with Crippen LogP contribution in [0.25, 0.3) is 0 Å². The van der Waals surface area contributed by atoms with Gasteiger partial charge in [-0.05, 0) is 6.42 Å². The molecule has 0 saturated carbocycles. The molecule has 0 amide bonds. The van der Waals surface area contributed by atoms with Crippen molar-refractivity contribution in [1.29, 1.82) is 0 Å². The van der Waals surface area contributed by atoms with Crippen LogP contribution in [0.15, 0.2) is 0 Å². The molecule has 0 bridgehead atoms. The van der Waals surface area contributed by atoms with E-state index in [1.807, 2.05) is 0 Å². The van der Waals surface area contributed by atoms with E-state index in [9.17, 15) is 9.59 Å². The van der Waals surface area contributed by atoms with Gasteiger partial charge < -0.3 is 15.5 Å². The molecular formula is C6H9NNaO4S2Zn+3. The van der Waals surface area contributed by atoms with Crippen molar-refractivity contribution < 1.29 is 68.8 Å². The third-order valence-corrected chi connectivity index (χ3v) is 1.49. The average molecular weight is 312 g/mol. The number of carbonyl (C=O) groups is 2. The maximum atomic E-state index is 10.5. The number of nitrogens with one attached hydrogen (secondary N) is 1. The molecule has 0 spiro atoms. The number of thiol groups is 1. The molecular weight excluding hydrogens is 303 g/mol. The molecule has 0 saturated heterocycles. The summed E-state index contributed by atoms with van der Waals surface area (Å²) in [6.45, 7) is 0. The maximum Gasteiger partial charge on any atom is 2.00 e. The van der Waals surface area contributed by atoms with Crippen LogP contribution in [0, 0.1) is 0 Å². The number of hydrogen-bond acceptors (Lipinski definition) is 3. The Morgan fingerprint density at radius 1 is 1.40 bits per heavy atom. The fourth-order valence-electron chi connectivity index (χ4n) is 0.674. The van der Waals surface area contributed by atoms with Gasteiger partial charge in [-0.15, -0.1) is 12.6 Å². The summed E-state index contributed by atoms with van der Waals surface area (Å²) in [6, 6.07) is -0.985. The van der Waals surface area contributed by atoms with E-state index in [1.54, 1.807) is 0 Å². The van der Waals surface area contributed by atoms with Gasteiger partial charge in [-0.1, -0.05) is 12.2 Å². The molecule has 9 heteroatoms. The number of thiocarbonyl (C=S) groups is 1. The Hall–Kier alpha value is 0.803. The van der Waals surface area contributed by atoms with Gasteiger partial charge in [0.1, 0.15) is 10.4 Å². The van der Waals surface area contributed by atoms with E-state index >= 15 is 0 Å². The molecule has 0 aromatic carbocycles. The molecule has 0 heterocycles. The van der Waals surface area contributed by atoms with Gasteiger partial charge in [0.2, 0.25) is 0 Å². The van der Waals surface area contributed by atoms with Crippen LogP contribution in [0.5, 0.6) is 0 Å². The molecule has 0 rings (SSSR count). The smallest absolute Gasteiger partial charge is 0.481 e. The first-order valence-electron chi connectivity index (χ1n) is 3.37. The monoisotopic (exact) mass is 310 g/mol. The minimum atomic E-state index is -1.14. The topological polar surface area (TPSA) is 86.6 Å². The zero-order valence-corrected chi connectivity index (χ0v) is 14.9. The summed E-state index contributed by atoms with van der Waals surface area (Å²) in [5, 5.41) is 19.3. The van der Waals surface area contributed by atoms with Gasteiger partial charge in [-0.3, -0.25) is 4.79 Å². The predicted molar refractivity (Wildman–Crippen MR) is 53.0 cm³/mol. The molecule has 0 aliphatic rings. The Morgan fingerprint density at radius 2 is 1.87 bits per heavy atom. The third kappa shape index (κ3) is 12.7. The molecule has 0 aliphatic carbocycles. The van der Waals surface area contributed by atoms with Crippen molar-refractivity contribution in [3.63, 3.8) is 0 Å². The zero-order valence-electron chi connectivity index (χ0n) is 8.27. The van der Waals surface area contributed by atoms with Gasteiger partial charge in [-0.25, -0.2) is 4.79 Å². The quantitative estimate of drug-likeness (QED) is 0.248. The Balaban J connectivity index is -0.000000720. The number of carboxylic acids is 2. The number of rotatable bonds is 5. The second-order valence-corrected chi connectivity index (χ2v) is 3.43. The van der Waals surface area contributed by atoms with E-state index in [0.717, 1.165) is 0 Å². The molecule has 1 atom stereocenters. The van der Waals surface area contributed by atoms with Crippen LogP contribution in [0.3, 0.4) is 0 Å². The van der Waals surface area contributed by atoms with Gasteiger partial charge in [0, 0.05) is 6.42 Å². The SMILES string of the molecule is O=C(O)CCC(NC(=S)S)C(=O)O.[Na+].[Zn+2]. The van der Waals surface area contributed by atoms with Crippen LogP contribution in [-0.2, 0) is 29.1 Å². The van der Waals surface area contributed by atoms with Crippen LogP contribution in [0.2, 0.25) is 0 Å². The first-order valence-corrected chi connectivity index (χ1v) is 4.23. The summed E-state index contributed by atoms with van der Waals surface area (Å²) >= 11 is 8.20. The van der Waals surface area contributed by atoms with Crippen LogP contribution in [0.1, 0.15) is 12.8 Å². The fourth-order valence-corrected chi connectivity index (χ4v) is 0.972. The molecule has 15 heavy (non-hydrogen) atoms. The van der Waals surface area contributed by atoms with E-state index in [0.29, 0.717) is 0 Å². The summed E-state index contributed by atoms with van der Waals surface area (Å²) in [5.74, 6) is -2.18. The van der Waals surface area contributed by atoms with Crippen molar-refractivity contribution in [1.82, 2.24) is 5.32 Å². The van der Waals surface area contributed by atoms with Gasteiger partial charge in [-0.2, -0.15) is 0 Å². The van der Waals surface area contributed by atoms with Crippen molar-refractivity contribution in [2.75, 3.05) is 0 Å². The molecule has 0 fully saturated rings. The number of carboxylic acid groups (broad SMARTS) is 2. The van der Waals surface area contributed by atoms with Crippen LogP contribution in [-0.4, -0.2) is 32.5 Å². The molecule has 3 N–H and O–H groups in total. The molecule has 0 aliphatic heterocycles. The van der Waals surface area contributed by atoms with Gasteiger partial charge in [0.05, 0.1) is 0 Å². The normalized spacial score (nSPS) is 10.2. The summed E-state index contributed by atoms with van der Waals surface area (Å²) in [6.07, 6.45) is -0.244. The minimum absolute atomic E-state index is 0. The van der Waals surface area contributed by atoms with E-state index in [2.05, 4.69) is 30.2 Å². The Bertz CT molecular complexity index is 241. The van der Waals surface area contributed by atoms with E-state index < -0.39 is 18.0 Å². The molecule has 1 unspecified atom stereocenters. The van der Waals surface area contributed by atoms with Crippen molar-refractivity contribution >= 4 is 41.1 Å². The van der Waals surface area contributed by atoms with Gasteiger partial charge in [0.25, 0.3) is 0 Å². The number of hydrogen-bond donors (Lipinski definition) is 4. The second kappa shape index (κ2) is 11.3. The van der Waals surface area contributed by atoms with Crippen molar-refractivity contribution in [2.45, 2.75) is 18.9 Å². The summed E-state index contributed by atoms with van der Waals surface area (Å²) in [7, 11) is 0. The second-order valence-electron chi connectivity index (χ2n) is 2.27. The van der Waals surface area contributed by atoms with Crippen molar-refractivity contribution in [3.8, 4) is 0 Å². The third-order valence-electron chi connectivity index (χ3n) is 1.24. The van der Waals surface area contributed by atoms with E-state index in [-0.39, 0.29) is 66.2 Å². The first kappa shape index (κ1) is 21.1. The summed E-state index contributed by atoms with van der Waals surface area (Å²) in [4.78, 5) is 20.6. The van der Waals surface area contributed by atoms with Crippen LogP contribution in [0.4, 0.5) is 0 Å². The fraction of sp³-hybridized carbons (Fsp3) is 0.500. The Labute approximate surface area is 133 Å². The largest absolute Gasteiger partial charge is 2.00 e. The van der Waals surface area contributed by atoms with E-state index in [1.165, 1.54) is 0 Å². The molecule has 0 aromatic rings. The standard InChI is InChI=1S/C6H9NO4S2.Na.Zn/c8-4(9)2-1-3(5(10)11)7-6(12)13;;/h3H,1-2H2,(H,8,9)(H,10,11)(H2,7,12,13);;/q;+1;+2. The maximum absolute atomic E-state index is 10.5. The molecule has 0 radical (unpaired) electrons. The zero-order chi connectivity index (χ0) is 10.4. The average Bonchev–Trinajstić information content (AvgIpc) is 1.96. The molecule has 5 nitrogen and oxygen atoms in total. The summed E-state index contributed by atoms with van der Waals surface area (Å²) < 4.78 is 0.0396. The van der Waals surface area contributed by atoms with Crippen molar-refractivity contribution in [2.24, 2.45) is 0 Å². The minimum Gasteiger partial charge on any atom is -0.481 e. The summed E-state index contributed by atoms with van der Waals surface area (Å²) in [5.41, 5.74) is 0. The van der Waals surface area contributed by atoms with Gasteiger partial charge >= 0.3 is 61.0 Å². The predicted octanol–water partition coefficient (Wildman–Crippen LogP) is -2.89. The Morgan fingerprint density at radius 3 is 2.13 bits per heavy atom. The number of aliphatic carboxylic acids is 2. The molecule has 74 valence electrons. The first-order chi connectivity index (χ1) is 5.93. The van der Waals surface area contributed by atoms with Gasteiger partial charge in [0.15, 0.2) is 0 Å². The van der Waals surface area contributed by atoms with E-state index in [4.69, 9.17) is 10.2 Å².